The van der Waals surface area contributed by atoms with Gasteiger partial charge < -0.3 is 5.11 Å². The summed E-state index contributed by atoms with van der Waals surface area (Å²) in [6.07, 6.45) is 0. The zero-order valence-corrected chi connectivity index (χ0v) is 16.0. The van der Waals surface area contributed by atoms with Crippen molar-refractivity contribution in [3.63, 3.8) is 0 Å². The Labute approximate surface area is 165 Å². The molecule has 3 rings (SSSR count). The first-order valence-corrected chi connectivity index (χ1v) is 9.30. The molecule has 0 aromatic heterocycles. The van der Waals surface area contributed by atoms with Crippen LogP contribution in [-0.4, -0.2) is 16.7 Å². The van der Waals surface area contributed by atoms with Gasteiger partial charge in [0.1, 0.15) is 0 Å². The van der Waals surface area contributed by atoms with Crippen molar-refractivity contribution >= 4 is 11.6 Å². The van der Waals surface area contributed by atoms with E-state index < -0.39 is 11.5 Å². The number of hydrazone groups is 1. The molecule has 0 heterocycles. The zero-order valence-electron chi connectivity index (χ0n) is 16.0. The van der Waals surface area contributed by atoms with E-state index >= 15 is 0 Å². The molecule has 1 amide bonds. The van der Waals surface area contributed by atoms with E-state index in [-0.39, 0.29) is 5.92 Å². The van der Waals surface area contributed by atoms with Gasteiger partial charge in [0.05, 0.1) is 5.71 Å². The fourth-order valence-corrected chi connectivity index (χ4v) is 3.12. The number of nitrogens with one attached hydrogen (secondary N) is 1. The van der Waals surface area contributed by atoms with Gasteiger partial charge in [-0.2, -0.15) is 5.10 Å². The molecule has 142 valence electrons. The van der Waals surface area contributed by atoms with Crippen LogP contribution in [-0.2, 0) is 10.4 Å². The molecule has 4 nitrogen and oxygen atoms in total. The summed E-state index contributed by atoms with van der Waals surface area (Å²) in [4.78, 5) is 13.2. The van der Waals surface area contributed by atoms with E-state index in [1.807, 2.05) is 56.3 Å². The van der Waals surface area contributed by atoms with Crippen molar-refractivity contribution in [2.45, 2.75) is 19.4 Å². The van der Waals surface area contributed by atoms with Crippen LogP contribution in [0.1, 0.15) is 30.5 Å². The smallest absolute Gasteiger partial charge is 0.281 e. The van der Waals surface area contributed by atoms with Crippen LogP contribution >= 0.6 is 0 Å². The van der Waals surface area contributed by atoms with Crippen LogP contribution in [0.3, 0.4) is 0 Å². The first kappa shape index (κ1) is 19.5. The standard InChI is InChI=1S/C24H24N2O2/c1-18(2)22(19-12-6-3-7-13-19)25-26-23(27)24(28,20-14-8-4-9-15-20)21-16-10-5-11-17-21/h3-18,28H,1-2H3,(H,26,27). The number of benzene rings is 3. The molecule has 0 saturated heterocycles. The predicted molar refractivity (Wildman–Crippen MR) is 112 cm³/mol. The summed E-state index contributed by atoms with van der Waals surface area (Å²) in [6, 6.07) is 27.5. The fourth-order valence-electron chi connectivity index (χ4n) is 3.12. The highest BCUT2D eigenvalue weighted by Gasteiger charge is 2.40. The van der Waals surface area contributed by atoms with E-state index in [4.69, 9.17) is 0 Å². The molecular weight excluding hydrogens is 348 g/mol. The van der Waals surface area contributed by atoms with Gasteiger partial charge in [0, 0.05) is 0 Å². The number of amides is 1. The summed E-state index contributed by atoms with van der Waals surface area (Å²) in [7, 11) is 0. The van der Waals surface area contributed by atoms with Crippen molar-refractivity contribution in [3.05, 3.63) is 108 Å². The third kappa shape index (κ3) is 4.02. The van der Waals surface area contributed by atoms with E-state index in [0.29, 0.717) is 11.1 Å². The maximum absolute atomic E-state index is 13.2. The minimum Gasteiger partial charge on any atom is -0.372 e. The van der Waals surface area contributed by atoms with Crippen LogP contribution in [0.5, 0.6) is 0 Å². The lowest BCUT2D eigenvalue weighted by molar-refractivity contribution is -0.136. The molecule has 0 fully saturated rings. The Bertz CT molecular complexity index is 897. The highest BCUT2D eigenvalue weighted by Crippen LogP contribution is 2.29. The molecule has 2 N–H and O–H groups in total. The molecular formula is C24H24N2O2. The Morgan fingerprint density at radius 3 is 1.68 bits per heavy atom. The summed E-state index contributed by atoms with van der Waals surface area (Å²) in [6.45, 7) is 4.02. The molecule has 0 aliphatic rings. The van der Waals surface area contributed by atoms with Crippen LogP contribution in [0.15, 0.2) is 96.1 Å². The summed E-state index contributed by atoms with van der Waals surface area (Å²) in [5.74, 6) is -0.497. The molecule has 0 spiro atoms. The number of carbonyl (C=O) groups is 1. The second-order valence-corrected chi connectivity index (χ2v) is 6.90. The Kier molecular flexibility index (Phi) is 6.02. The lowest BCUT2D eigenvalue weighted by atomic mass is 9.85. The quantitative estimate of drug-likeness (QED) is 0.505. The molecule has 28 heavy (non-hydrogen) atoms. The average Bonchev–Trinajstić information content (AvgIpc) is 2.75. The lowest BCUT2D eigenvalue weighted by Gasteiger charge is -2.27. The number of aliphatic hydroxyl groups is 1. The summed E-state index contributed by atoms with van der Waals surface area (Å²) < 4.78 is 0. The van der Waals surface area contributed by atoms with Gasteiger partial charge in [-0.3, -0.25) is 4.79 Å². The molecule has 0 atom stereocenters. The lowest BCUT2D eigenvalue weighted by Crippen LogP contribution is -2.44. The second-order valence-electron chi connectivity index (χ2n) is 6.90. The predicted octanol–water partition coefficient (Wildman–Crippen LogP) is 4.10. The summed E-state index contributed by atoms with van der Waals surface area (Å²) in [5.41, 5.74) is 3.41. The Morgan fingerprint density at radius 1 is 0.821 bits per heavy atom. The molecule has 4 heteroatoms. The van der Waals surface area contributed by atoms with Crippen LogP contribution in [0, 0.1) is 5.92 Å². The van der Waals surface area contributed by atoms with Gasteiger partial charge in [0.2, 0.25) is 0 Å². The second kappa shape index (κ2) is 8.63. The van der Waals surface area contributed by atoms with E-state index in [9.17, 15) is 9.90 Å². The number of hydrogen-bond donors (Lipinski definition) is 2. The molecule has 0 bridgehead atoms. The Morgan fingerprint density at radius 2 is 1.25 bits per heavy atom. The number of rotatable bonds is 6. The van der Waals surface area contributed by atoms with Crippen molar-refractivity contribution in [2.24, 2.45) is 11.0 Å². The largest absolute Gasteiger partial charge is 0.372 e. The molecule has 0 unspecified atom stereocenters. The maximum Gasteiger partial charge on any atom is 0.281 e. The van der Waals surface area contributed by atoms with Crippen LogP contribution in [0.4, 0.5) is 0 Å². The molecule has 0 saturated carbocycles. The van der Waals surface area contributed by atoms with Gasteiger partial charge in [-0.05, 0) is 22.6 Å². The number of hydrogen-bond acceptors (Lipinski definition) is 3. The first-order chi connectivity index (χ1) is 13.5. The van der Waals surface area contributed by atoms with Crippen molar-refractivity contribution in [1.29, 1.82) is 0 Å². The van der Waals surface area contributed by atoms with Crippen LogP contribution in [0.25, 0.3) is 0 Å². The van der Waals surface area contributed by atoms with Crippen LogP contribution in [0.2, 0.25) is 0 Å². The molecule has 3 aromatic rings. The minimum atomic E-state index is -1.84. The molecule has 0 radical (unpaired) electrons. The minimum absolute atomic E-state index is 0.101. The van der Waals surface area contributed by atoms with Gasteiger partial charge in [0.25, 0.3) is 5.91 Å². The summed E-state index contributed by atoms with van der Waals surface area (Å²) in [5, 5.41) is 15.8. The van der Waals surface area contributed by atoms with E-state index in [2.05, 4.69) is 10.5 Å². The zero-order chi connectivity index (χ0) is 20.0. The van der Waals surface area contributed by atoms with Crippen molar-refractivity contribution in [1.82, 2.24) is 5.43 Å². The van der Waals surface area contributed by atoms with Gasteiger partial charge in [-0.1, -0.05) is 105 Å². The monoisotopic (exact) mass is 372 g/mol. The molecule has 0 aliphatic carbocycles. The van der Waals surface area contributed by atoms with Crippen molar-refractivity contribution < 1.29 is 9.90 Å². The van der Waals surface area contributed by atoms with Crippen molar-refractivity contribution in [2.75, 3.05) is 0 Å². The van der Waals surface area contributed by atoms with Gasteiger partial charge in [-0.25, -0.2) is 5.43 Å². The van der Waals surface area contributed by atoms with Crippen LogP contribution < -0.4 is 5.43 Å². The maximum atomic E-state index is 13.2. The van der Waals surface area contributed by atoms with Gasteiger partial charge in [0.15, 0.2) is 5.60 Å². The highest BCUT2D eigenvalue weighted by atomic mass is 16.3. The Hall–Kier alpha value is -3.24. The van der Waals surface area contributed by atoms with Gasteiger partial charge in [-0.15, -0.1) is 0 Å². The van der Waals surface area contributed by atoms with E-state index in [0.717, 1.165) is 11.3 Å². The normalized spacial score (nSPS) is 12.1. The van der Waals surface area contributed by atoms with E-state index in [1.54, 1.807) is 48.5 Å². The number of nitrogens with zero attached hydrogens (tertiary/aromatic N) is 1. The molecule has 3 aromatic carbocycles. The number of carbonyl (C=O) groups excluding carboxylic acids is 1. The third-order valence-electron chi connectivity index (χ3n) is 4.61. The fraction of sp³-hybridized carbons (Fsp3) is 0.167. The SMILES string of the molecule is CC(C)C(=NNC(=O)C(O)(c1ccccc1)c1ccccc1)c1ccccc1. The average molecular weight is 372 g/mol. The topological polar surface area (TPSA) is 61.7 Å². The Balaban J connectivity index is 1.99. The third-order valence-corrected chi connectivity index (χ3v) is 4.61. The first-order valence-electron chi connectivity index (χ1n) is 9.30. The highest BCUT2D eigenvalue weighted by molar-refractivity contribution is 6.02. The van der Waals surface area contributed by atoms with Crippen molar-refractivity contribution in [3.8, 4) is 0 Å². The van der Waals surface area contributed by atoms with E-state index in [1.165, 1.54) is 0 Å². The van der Waals surface area contributed by atoms with Gasteiger partial charge >= 0.3 is 0 Å². The summed E-state index contributed by atoms with van der Waals surface area (Å²) >= 11 is 0. The molecule has 0 aliphatic heterocycles.